The molecule has 1 aliphatic heterocycles. The molecule has 0 bridgehead atoms. The van der Waals surface area contributed by atoms with E-state index < -0.39 is 0 Å². The van der Waals surface area contributed by atoms with E-state index in [0.717, 1.165) is 12.1 Å². The third kappa shape index (κ3) is 3.39. The van der Waals surface area contributed by atoms with Gasteiger partial charge in [-0.15, -0.1) is 0 Å². The molecule has 124 valence electrons. The van der Waals surface area contributed by atoms with Crippen molar-refractivity contribution in [2.24, 2.45) is 5.92 Å². The van der Waals surface area contributed by atoms with Crippen LogP contribution in [0.3, 0.4) is 0 Å². The fraction of sp³-hybridized carbons (Fsp3) is 0.556. The summed E-state index contributed by atoms with van der Waals surface area (Å²) in [5.41, 5.74) is 2.27. The van der Waals surface area contributed by atoms with Crippen LogP contribution in [0.15, 0.2) is 24.5 Å². The Morgan fingerprint density at radius 3 is 2.78 bits per heavy atom. The van der Waals surface area contributed by atoms with Gasteiger partial charge in [0.15, 0.2) is 5.65 Å². The maximum Gasteiger partial charge on any atom is 0.341 e. The number of fused-ring (bicyclic) bond motifs is 1. The average molecular weight is 315 g/mol. The normalized spacial score (nSPS) is 17.0. The maximum absolute atomic E-state index is 11.8. The number of methoxy groups -OCH3 is 1. The molecular formula is C18H25N3O2. The highest BCUT2D eigenvalue weighted by Gasteiger charge is 2.22. The Kier molecular flexibility index (Phi) is 4.66. The van der Waals surface area contributed by atoms with Gasteiger partial charge in [-0.1, -0.05) is 0 Å². The van der Waals surface area contributed by atoms with E-state index in [-0.39, 0.29) is 5.97 Å². The lowest BCUT2D eigenvalue weighted by Crippen LogP contribution is -2.38. The van der Waals surface area contributed by atoms with Gasteiger partial charge < -0.3 is 14.0 Å². The van der Waals surface area contributed by atoms with Crippen molar-refractivity contribution in [1.82, 2.24) is 14.3 Å². The molecule has 0 radical (unpaired) electrons. The summed E-state index contributed by atoms with van der Waals surface area (Å²) in [6.07, 6.45) is 7.39. The van der Waals surface area contributed by atoms with E-state index in [1.807, 2.05) is 22.9 Å². The van der Waals surface area contributed by atoms with Gasteiger partial charge in [-0.25, -0.2) is 9.78 Å². The zero-order chi connectivity index (χ0) is 16.4. The number of carbonyl (C=O) groups is 1. The van der Waals surface area contributed by atoms with Crippen LogP contribution in [0.2, 0.25) is 0 Å². The Morgan fingerprint density at radius 1 is 1.39 bits per heavy atom. The summed E-state index contributed by atoms with van der Waals surface area (Å²) in [7, 11) is 1.40. The monoisotopic (exact) mass is 315 g/mol. The number of hydrogen-bond acceptors (Lipinski definition) is 4. The lowest BCUT2D eigenvalue weighted by molar-refractivity contribution is 0.0602. The molecule has 1 fully saturated rings. The van der Waals surface area contributed by atoms with Crippen LogP contribution in [0.4, 0.5) is 0 Å². The van der Waals surface area contributed by atoms with E-state index in [1.165, 1.54) is 33.0 Å². The third-order valence-electron chi connectivity index (χ3n) is 4.82. The number of rotatable bonds is 4. The molecule has 0 N–H and O–H groups in total. The van der Waals surface area contributed by atoms with E-state index in [0.29, 0.717) is 23.2 Å². The first-order valence-electron chi connectivity index (χ1n) is 8.37. The van der Waals surface area contributed by atoms with Crippen molar-refractivity contribution < 1.29 is 9.53 Å². The molecule has 1 saturated heterocycles. The Hall–Kier alpha value is -1.88. The minimum absolute atomic E-state index is 0.335. The highest BCUT2D eigenvalue weighted by molar-refractivity contribution is 5.95. The molecule has 23 heavy (non-hydrogen) atoms. The fourth-order valence-electron chi connectivity index (χ4n) is 3.40. The Balaban J connectivity index is 1.73. The quantitative estimate of drug-likeness (QED) is 0.814. The second-order valence-electron chi connectivity index (χ2n) is 6.65. The van der Waals surface area contributed by atoms with E-state index in [9.17, 15) is 4.79 Å². The minimum atomic E-state index is -0.335. The molecular weight excluding hydrogens is 290 g/mol. The summed E-state index contributed by atoms with van der Waals surface area (Å²) in [6, 6.07) is 4.25. The maximum atomic E-state index is 11.8. The average Bonchev–Trinajstić information content (AvgIpc) is 2.96. The number of hydrogen-bond donors (Lipinski definition) is 0. The van der Waals surface area contributed by atoms with Crippen LogP contribution in [0.5, 0.6) is 0 Å². The molecule has 0 saturated carbocycles. The molecule has 0 aromatic carbocycles. The zero-order valence-electron chi connectivity index (χ0n) is 14.2. The van der Waals surface area contributed by atoms with Crippen molar-refractivity contribution in [3.8, 4) is 0 Å². The number of likely N-dealkylation sites (tertiary alicyclic amines) is 1. The standard InChI is InChI=1S/C18H25N3O2/c1-13(2)20-9-6-14(7-10-20)11-15-12-21-8-4-5-16(17(21)19-15)18(22)23-3/h4-5,8,12-14H,6-7,9-11H2,1-3H3. The predicted octanol–water partition coefficient (Wildman–Crippen LogP) is 2.78. The van der Waals surface area contributed by atoms with Gasteiger partial charge in [0, 0.05) is 18.4 Å². The summed E-state index contributed by atoms with van der Waals surface area (Å²) in [5, 5.41) is 0. The fourth-order valence-corrected chi connectivity index (χ4v) is 3.40. The van der Waals surface area contributed by atoms with Gasteiger partial charge in [-0.3, -0.25) is 0 Å². The zero-order valence-corrected chi connectivity index (χ0v) is 14.2. The first-order valence-corrected chi connectivity index (χ1v) is 8.37. The molecule has 3 heterocycles. The second-order valence-corrected chi connectivity index (χ2v) is 6.65. The highest BCUT2D eigenvalue weighted by Crippen LogP contribution is 2.23. The van der Waals surface area contributed by atoms with Crippen LogP contribution >= 0.6 is 0 Å². The highest BCUT2D eigenvalue weighted by atomic mass is 16.5. The van der Waals surface area contributed by atoms with Crippen LogP contribution in [-0.2, 0) is 11.2 Å². The Labute approximate surface area is 137 Å². The van der Waals surface area contributed by atoms with Gasteiger partial charge in [0.2, 0.25) is 0 Å². The van der Waals surface area contributed by atoms with Crippen LogP contribution < -0.4 is 0 Å². The molecule has 0 spiro atoms. The van der Waals surface area contributed by atoms with Gasteiger partial charge >= 0.3 is 5.97 Å². The molecule has 5 heteroatoms. The van der Waals surface area contributed by atoms with Crippen molar-refractivity contribution in [2.45, 2.75) is 39.2 Å². The van der Waals surface area contributed by atoms with E-state index in [1.54, 1.807) is 6.07 Å². The number of nitrogens with zero attached hydrogens (tertiary/aromatic N) is 3. The molecule has 0 amide bonds. The van der Waals surface area contributed by atoms with Crippen molar-refractivity contribution in [2.75, 3.05) is 20.2 Å². The summed E-state index contributed by atoms with van der Waals surface area (Å²) in [6.45, 7) is 6.86. The van der Waals surface area contributed by atoms with Gasteiger partial charge in [0.05, 0.1) is 12.8 Å². The van der Waals surface area contributed by atoms with Crippen molar-refractivity contribution in [1.29, 1.82) is 0 Å². The molecule has 5 nitrogen and oxygen atoms in total. The molecule has 0 unspecified atom stereocenters. The lowest BCUT2D eigenvalue weighted by atomic mass is 9.92. The topological polar surface area (TPSA) is 46.8 Å². The number of esters is 1. The molecule has 2 aromatic rings. The first-order chi connectivity index (χ1) is 11.1. The van der Waals surface area contributed by atoms with Crippen molar-refractivity contribution in [3.63, 3.8) is 0 Å². The molecule has 3 rings (SSSR count). The molecule has 2 aromatic heterocycles. The summed E-state index contributed by atoms with van der Waals surface area (Å²) >= 11 is 0. The second kappa shape index (κ2) is 6.71. The number of piperidine rings is 1. The van der Waals surface area contributed by atoms with Crippen LogP contribution in [0, 0.1) is 5.92 Å². The lowest BCUT2D eigenvalue weighted by Gasteiger charge is -2.34. The summed E-state index contributed by atoms with van der Waals surface area (Å²) in [4.78, 5) is 19.1. The van der Waals surface area contributed by atoms with Crippen LogP contribution in [-0.4, -0.2) is 46.5 Å². The van der Waals surface area contributed by atoms with Crippen molar-refractivity contribution >= 4 is 11.6 Å². The number of aromatic nitrogens is 2. The molecule has 0 atom stereocenters. The molecule has 0 aliphatic carbocycles. The van der Waals surface area contributed by atoms with Crippen molar-refractivity contribution in [3.05, 3.63) is 35.8 Å². The Bertz CT molecular complexity index is 685. The largest absolute Gasteiger partial charge is 0.465 e. The Morgan fingerprint density at radius 2 is 2.13 bits per heavy atom. The first kappa shape index (κ1) is 16.0. The van der Waals surface area contributed by atoms with E-state index in [4.69, 9.17) is 4.74 Å². The summed E-state index contributed by atoms with van der Waals surface area (Å²) < 4.78 is 6.76. The third-order valence-corrected chi connectivity index (χ3v) is 4.82. The predicted molar refractivity (Wildman–Crippen MR) is 89.7 cm³/mol. The van der Waals surface area contributed by atoms with Gasteiger partial charge in [0.25, 0.3) is 0 Å². The summed E-state index contributed by atoms with van der Waals surface area (Å²) in [5.74, 6) is 0.342. The number of ether oxygens (including phenoxy) is 1. The minimum Gasteiger partial charge on any atom is -0.465 e. The number of imidazole rings is 1. The van der Waals surface area contributed by atoms with Crippen LogP contribution in [0.25, 0.3) is 5.65 Å². The van der Waals surface area contributed by atoms with E-state index >= 15 is 0 Å². The van der Waals surface area contributed by atoms with Crippen LogP contribution in [0.1, 0.15) is 42.7 Å². The SMILES string of the molecule is COC(=O)c1cccn2cc(CC3CCN(C(C)C)CC3)nc12. The number of pyridine rings is 1. The number of carbonyl (C=O) groups excluding carboxylic acids is 1. The van der Waals surface area contributed by atoms with Gasteiger partial charge in [0.1, 0.15) is 5.56 Å². The van der Waals surface area contributed by atoms with E-state index in [2.05, 4.69) is 23.7 Å². The van der Waals surface area contributed by atoms with Gasteiger partial charge in [-0.2, -0.15) is 0 Å². The smallest absolute Gasteiger partial charge is 0.341 e. The van der Waals surface area contributed by atoms with Gasteiger partial charge in [-0.05, 0) is 64.3 Å². The molecule has 1 aliphatic rings.